The zero-order valence-electron chi connectivity index (χ0n) is 16.6. The number of alkyl halides is 3. The number of piperidine rings is 1. The van der Waals surface area contributed by atoms with E-state index in [0.717, 1.165) is 25.7 Å². The van der Waals surface area contributed by atoms with E-state index < -0.39 is 12.0 Å². The van der Waals surface area contributed by atoms with Gasteiger partial charge in [0.15, 0.2) is 0 Å². The highest BCUT2D eigenvalue weighted by molar-refractivity contribution is 5.77. The number of nitrogens with zero attached hydrogens (tertiary/aromatic N) is 3. The molecule has 1 aromatic heterocycles. The number of amides is 1. The third kappa shape index (κ3) is 4.59. The molecule has 7 heteroatoms. The van der Waals surface area contributed by atoms with E-state index >= 15 is 0 Å². The quantitative estimate of drug-likeness (QED) is 0.693. The molecule has 29 heavy (non-hydrogen) atoms. The summed E-state index contributed by atoms with van der Waals surface area (Å²) in [7, 11) is 0. The number of carbonyl (C=O) groups is 1. The van der Waals surface area contributed by atoms with Gasteiger partial charge in [-0.3, -0.25) is 4.79 Å². The highest BCUT2D eigenvalue weighted by Gasteiger charge is 2.38. The minimum absolute atomic E-state index is 0.118. The van der Waals surface area contributed by atoms with E-state index in [2.05, 4.69) is 4.98 Å². The number of hydrogen-bond acceptors (Lipinski definition) is 2. The Morgan fingerprint density at radius 1 is 1.00 bits per heavy atom. The van der Waals surface area contributed by atoms with Gasteiger partial charge in [-0.1, -0.05) is 31.4 Å². The molecule has 0 bridgehead atoms. The number of rotatable bonds is 4. The van der Waals surface area contributed by atoms with Crippen LogP contribution in [0.2, 0.25) is 0 Å². The van der Waals surface area contributed by atoms with Crippen LogP contribution in [0.15, 0.2) is 24.3 Å². The second kappa shape index (κ2) is 8.36. The molecule has 1 aliphatic carbocycles. The molecule has 0 spiro atoms. The van der Waals surface area contributed by atoms with Gasteiger partial charge >= 0.3 is 6.18 Å². The van der Waals surface area contributed by atoms with Gasteiger partial charge in [0.05, 0.1) is 11.0 Å². The first-order valence-corrected chi connectivity index (χ1v) is 10.7. The molecular weight excluding hydrogens is 379 g/mol. The molecule has 4 nitrogen and oxygen atoms in total. The van der Waals surface area contributed by atoms with Crippen LogP contribution in [0.4, 0.5) is 13.2 Å². The molecule has 0 atom stereocenters. The zero-order chi connectivity index (χ0) is 20.4. The monoisotopic (exact) mass is 407 g/mol. The van der Waals surface area contributed by atoms with Crippen molar-refractivity contribution >= 4 is 16.9 Å². The van der Waals surface area contributed by atoms with Crippen molar-refractivity contribution < 1.29 is 18.0 Å². The smallest absolute Gasteiger partial charge is 0.343 e. The summed E-state index contributed by atoms with van der Waals surface area (Å²) in [6, 6.07) is 6.76. The number of aromatic nitrogens is 2. The Kier molecular flexibility index (Phi) is 5.83. The van der Waals surface area contributed by atoms with Gasteiger partial charge in [0, 0.05) is 26.1 Å². The molecule has 1 saturated carbocycles. The first kappa shape index (κ1) is 20.2. The topological polar surface area (TPSA) is 38.1 Å². The van der Waals surface area contributed by atoms with Crippen molar-refractivity contribution in [3.63, 3.8) is 0 Å². The van der Waals surface area contributed by atoms with Crippen molar-refractivity contribution in [2.75, 3.05) is 13.1 Å². The third-order valence-electron chi connectivity index (χ3n) is 6.50. The average molecular weight is 407 g/mol. The van der Waals surface area contributed by atoms with Crippen LogP contribution >= 0.6 is 0 Å². The van der Waals surface area contributed by atoms with Crippen molar-refractivity contribution in [3.8, 4) is 0 Å². The summed E-state index contributed by atoms with van der Waals surface area (Å²) < 4.78 is 41.8. The Labute approximate surface area is 169 Å². The van der Waals surface area contributed by atoms with Gasteiger partial charge in [-0.05, 0) is 49.7 Å². The summed E-state index contributed by atoms with van der Waals surface area (Å²) in [6.45, 7) is 1.58. The van der Waals surface area contributed by atoms with Crippen molar-refractivity contribution in [1.29, 1.82) is 0 Å². The standard InChI is InChI=1S/C22H28F3N3O/c23-22(24,25)21-26-18-8-4-5-9-19(18)28(21)15-17-10-12-27(13-11-17)20(29)14-16-6-2-1-3-7-16/h4-5,8-9,16-17H,1-3,6-7,10-15H2. The van der Waals surface area contributed by atoms with E-state index in [9.17, 15) is 18.0 Å². The van der Waals surface area contributed by atoms with Gasteiger partial charge in [0.2, 0.25) is 11.7 Å². The second-order valence-corrected chi connectivity index (χ2v) is 8.56. The number of likely N-dealkylation sites (tertiary alicyclic amines) is 1. The van der Waals surface area contributed by atoms with E-state index in [1.807, 2.05) is 4.90 Å². The molecular formula is C22H28F3N3O. The Hall–Kier alpha value is -2.05. The molecule has 0 N–H and O–H groups in total. The minimum atomic E-state index is -4.48. The normalized spacial score (nSPS) is 19.8. The largest absolute Gasteiger partial charge is 0.449 e. The second-order valence-electron chi connectivity index (χ2n) is 8.56. The predicted octanol–water partition coefficient (Wildman–Crippen LogP) is 5.26. The molecule has 4 rings (SSSR count). The number of imidazole rings is 1. The Morgan fingerprint density at radius 2 is 1.69 bits per heavy atom. The van der Waals surface area contributed by atoms with Crippen molar-refractivity contribution in [1.82, 2.24) is 14.5 Å². The van der Waals surface area contributed by atoms with E-state index in [1.54, 1.807) is 24.3 Å². The molecule has 1 amide bonds. The van der Waals surface area contributed by atoms with Crippen LogP contribution < -0.4 is 0 Å². The number of carbonyl (C=O) groups excluding carboxylic acids is 1. The van der Waals surface area contributed by atoms with Crippen LogP contribution in [0.25, 0.3) is 11.0 Å². The van der Waals surface area contributed by atoms with Gasteiger partial charge in [0.25, 0.3) is 0 Å². The molecule has 1 aliphatic heterocycles. The minimum Gasteiger partial charge on any atom is -0.343 e. The molecule has 2 aromatic rings. The van der Waals surface area contributed by atoms with E-state index in [4.69, 9.17) is 0 Å². The third-order valence-corrected chi connectivity index (χ3v) is 6.50. The van der Waals surface area contributed by atoms with Crippen LogP contribution in [0.1, 0.15) is 57.2 Å². The maximum Gasteiger partial charge on any atom is 0.449 e. The average Bonchev–Trinajstić information content (AvgIpc) is 3.08. The summed E-state index contributed by atoms with van der Waals surface area (Å²) in [5.41, 5.74) is 0.899. The molecule has 0 unspecified atom stereocenters. The first-order valence-electron chi connectivity index (χ1n) is 10.7. The van der Waals surface area contributed by atoms with Crippen LogP contribution in [-0.2, 0) is 17.5 Å². The molecule has 2 aliphatic rings. The Bertz CT molecular complexity index is 847. The van der Waals surface area contributed by atoms with Crippen molar-refractivity contribution in [2.24, 2.45) is 11.8 Å². The lowest BCUT2D eigenvalue weighted by atomic mass is 9.86. The molecule has 1 saturated heterocycles. The predicted molar refractivity (Wildman–Crippen MR) is 105 cm³/mol. The van der Waals surface area contributed by atoms with E-state index in [0.29, 0.717) is 43.0 Å². The fraction of sp³-hybridized carbons (Fsp3) is 0.636. The highest BCUT2D eigenvalue weighted by Crippen LogP contribution is 2.33. The van der Waals surface area contributed by atoms with Crippen molar-refractivity contribution in [3.05, 3.63) is 30.1 Å². The lowest BCUT2D eigenvalue weighted by molar-refractivity contribution is -0.147. The Balaban J connectivity index is 1.39. The first-order chi connectivity index (χ1) is 13.9. The van der Waals surface area contributed by atoms with Crippen LogP contribution in [0.5, 0.6) is 0 Å². The summed E-state index contributed by atoms with van der Waals surface area (Å²) in [5, 5.41) is 0. The highest BCUT2D eigenvalue weighted by atomic mass is 19.4. The number of hydrogen-bond donors (Lipinski definition) is 0. The summed E-state index contributed by atoms with van der Waals surface area (Å²) in [6.07, 6.45) is 3.65. The van der Waals surface area contributed by atoms with Gasteiger partial charge in [-0.25, -0.2) is 4.98 Å². The molecule has 2 heterocycles. The fourth-order valence-electron chi connectivity index (χ4n) is 4.87. The lowest BCUT2D eigenvalue weighted by Gasteiger charge is -2.34. The van der Waals surface area contributed by atoms with Gasteiger partial charge in [0.1, 0.15) is 0 Å². The zero-order valence-corrected chi connectivity index (χ0v) is 16.6. The Morgan fingerprint density at radius 3 is 2.38 bits per heavy atom. The van der Waals surface area contributed by atoms with Crippen LogP contribution in [-0.4, -0.2) is 33.4 Å². The van der Waals surface area contributed by atoms with Crippen LogP contribution in [0, 0.1) is 11.8 Å². The van der Waals surface area contributed by atoms with Crippen LogP contribution in [0.3, 0.4) is 0 Å². The van der Waals surface area contributed by atoms with E-state index in [-0.39, 0.29) is 11.8 Å². The van der Waals surface area contributed by atoms with E-state index in [1.165, 1.54) is 23.8 Å². The summed E-state index contributed by atoms with van der Waals surface area (Å²) >= 11 is 0. The number of benzene rings is 1. The maximum atomic E-state index is 13.5. The van der Waals surface area contributed by atoms with Gasteiger partial charge in [-0.2, -0.15) is 13.2 Å². The van der Waals surface area contributed by atoms with Gasteiger partial charge in [-0.15, -0.1) is 0 Å². The maximum absolute atomic E-state index is 13.5. The molecule has 158 valence electrons. The van der Waals surface area contributed by atoms with Crippen molar-refractivity contribution in [2.45, 2.75) is 64.1 Å². The number of halogens is 3. The summed E-state index contributed by atoms with van der Waals surface area (Å²) in [4.78, 5) is 18.4. The SMILES string of the molecule is O=C(CC1CCCCC1)N1CCC(Cn2c(C(F)(F)F)nc3ccccc32)CC1. The lowest BCUT2D eigenvalue weighted by Crippen LogP contribution is -2.40. The fourth-order valence-corrected chi connectivity index (χ4v) is 4.87. The summed E-state index contributed by atoms with van der Waals surface area (Å²) in [5.74, 6) is 0.0296. The number of para-hydroxylation sites is 2. The molecule has 0 radical (unpaired) electrons. The van der Waals surface area contributed by atoms with Gasteiger partial charge < -0.3 is 9.47 Å². The molecule has 1 aromatic carbocycles. The number of fused-ring (bicyclic) bond motifs is 1. The molecule has 2 fully saturated rings.